The molecule has 0 radical (unpaired) electrons. The summed E-state index contributed by atoms with van der Waals surface area (Å²) in [7, 11) is 0. The fourth-order valence-electron chi connectivity index (χ4n) is 2.68. The smallest absolute Gasteiger partial charge is 0.251 e. The first kappa shape index (κ1) is 16.2. The quantitative estimate of drug-likeness (QED) is 0.796. The van der Waals surface area contributed by atoms with Crippen LogP contribution in [0.3, 0.4) is 0 Å². The summed E-state index contributed by atoms with van der Waals surface area (Å²) >= 11 is 0. The van der Waals surface area contributed by atoms with E-state index in [2.05, 4.69) is 31.1 Å². The SMILES string of the molecule is Cc1cccn2cc(CNC(=O)c3ccc(C(C)(C)C)cc3)nc12. The van der Waals surface area contributed by atoms with Gasteiger partial charge in [0.15, 0.2) is 0 Å². The van der Waals surface area contributed by atoms with Gasteiger partial charge in [-0.1, -0.05) is 39.0 Å². The number of aryl methyl sites for hydroxylation is 1. The highest BCUT2D eigenvalue weighted by molar-refractivity contribution is 5.94. The number of imidazole rings is 1. The summed E-state index contributed by atoms with van der Waals surface area (Å²) < 4.78 is 1.98. The van der Waals surface area contributed by atoms with Crippen LogP contribution in [0.25, 0.3) is 5.65 Å². The van der Waals surface area contributed by atoms with E-state index in [-0.39, 0.29) is 11.3 Å². The zero-order chi connectivity index (χ0) is 17.3. The highest BCUT2D eigenvalue weighted by atomic mass is 16.1. The highest BCUT2D eigenvalue weighted by Crippen LogP contribution is 2.22. The average molecular weight is 321 g/mol. The topological polar surface area (TPSA) is 46.4 Å². The Morgan fingerprint density at radius 1 is 1.17 bits per heavy atom. The Kier molecular flexibility index (Phi) is 4.14. The fraction of sp³-hybridized carbons (Fsp3) is 0.300. The molecule has 2 heterocycles. The van der Waals surface area contributed by atoms with Crippen LogP contribution in [0, 0.1) is 6.92 Å². The predicted octanol–water partition coefficient (Wildman–Crippen LogP) is 3.87. The third-order valence-electron chi connectivity index (χ3n) is 4.17. The van der Waals surface area contributed by atoms with Crippen molar-refractivity contribution >= 4 is 11.6 Å². The number of amides is 1. The lowest BCUT2D eigenvalue weighted by atomic mass is 9.87. The first-order valence-corrected chi connectivity index (χ1v) is 8.16. The Morgan fingerprint density at radius 2 is 1.88 bits per heavy atom. The van der Waals surface area contributed by atoms with E-state index in [9.17, 15) is 4.79 Å². The van der Waals surface area contributed by atoms with Crippen LogP contribution < -0.4 is 5.32 Å². The van der Waals surface area contributed by atoms with Crippen LogP contribution in [0.15, 0.2) is 48.8 Å². The van der Waals surface area contributed by atoms with Gasteiger partial charge in [0.25, 0.3) is 5.91 Å². The summed E-state index contributed by atoms with van der Waals surface area (Å²) in [5, 5.41) is 2.94. The zero-order valence-corrected chi connectivity index (χ0v) is 14.6. The molecule has 4 nitrogen and oxygen atoms in total. The van der Waals surface area contributed by atoms with Crippen molar-refractivity contribution in [2.45, 2.75) is 39.7 Å². The Bertz CT molecular complexity index is 870. The molecular weight excluding hydrogens is 298 g/mol. The molecule has 0 saturated heterocycles. The van der Waals surface area contributed by atoms with E-state index in [0.717, 1.165) is 16.9 Å². The summed E-state index contributed by atoms with van der Waals surface area (Å²) in [6.07, 6.45) is 3.91. The van der Waals surface area contributed by atoms with Gasteiger partial charge in [-0.3, -0.25) is 4.79 Å². The van der Waals surface area contributed by atoms with Crippen LogP contribution in [-0.2, 0) is 12.0 Å². The number of carbonyl (C=O) groups excluding carboxylic acids is 1. The number of nitrogens with one attached hydrogen (secondary N) is 1. The second kappa shape index (κ2) is 6.11. The molecule has 4 heteroatoms. The molecule has 0 atom stereocenters. The van der Waals surface area contributed by atoms with Gasteiger partial charge in [-0.15, -0.1) is 0 Å². The molecule has 2 aromatic heterocycles. The molecule has 0 unspecified atom stereocenters. The number of carbonyl (C=O) groups is 1. The zero-order valence-electron chi connectivity index (χ0n) is 14.6. The summed E-state index contributed by atoms with van der Waals surface area (Å²) in [4.78, 5) is 16.9. The van der Waals surface area contributed by atoms with Gasteiger partial charge in [-0.2, -0.15) is 0 Å². The van der Waals surface area contributed by atoms with Gasteiger partial charge in [0.1, 0.15) is 5.65 Å². The Hall–Kier alpha value is -2.62. The molecule has 1 amide bonds. The van der Waals surface area contributed by atoms with Crippen LogP contribution >= 0.6 is 0 Å². The maximum atomic E-state index is 12.3. The minimum atomic E-state index is -0.0794. The van der Waals surface area contributed by atoms with E-state index in [1.165, 1.54) is 5.56 Å². The lowest BCUT2D eigenvalue weighted by molar-refractivity contribution is 0.0950. The molecule has 0 aliphatic carbocycles. The molecule has 0 bridgehead atoms. The third kappa shape index (κ3) is 3.32. The van der Waals surface area contributed by atoms with Gasteiger partial charge in [0, 0.05) is 18.0 Å². The summed E-state index contributed by atoms with van der Waals surface area (Å²) in [6.45, 7) is 8.93. The second-order valence-corrected chi connectivity index (χ2v) is 7.16. The third-order valence-corrected chi connectivity index (χ3v) is 4.17. The summed E-state index contributed by atoms with van der Waals surface area (Å²) in [6, 6.07) is 11.8. The van der Waals surface area contributed by atoms with Gasteiger partial charge in [-0.25, -0.2) is 4.98 Å². The number of hydrogen-bond acceptors (Lipinski definition) is 2. The van der Waals surface area contributed by atoms with E-state index in [1.807, 2.05) is 60.1 Å². The number of rotatable bonds is 3. The normalized spacial score (nSPS) is 11.7. The van der Waals surface area contributed by atoms with Crippen molar-refractivity contribution < 1.29 is 4.79 Å². The lowest BCUT2D eigenvalue weighted by Gasteiger charge is -2.19. The molecule has 0 aliphatic rings. The molecule has 1 aromatic carbocycles. The molecule has 0 fully saturated rings. The fourth-order valence-corrected chi connectivity index (χ4v) is 2.68. The molecule has 0 saturated carbocycles. The molecule has 24 heavy (non-hydrogen) atoms. The van der Waals surface area contributed by atoms with Crippen molar-refractivity contribution in [2.75, 3.05) is 0 Å². The molecule has 0 spiro atoms. The van der Waals surface area contributed by atoms with Gasteiger partial charge in [0.05, 0.1) is 12.2 Å². The maximum Gasteiger partial charge on any atom is 0.251 e. The van der Waals surface area contributed by atoms with Gasteiger partial charge >= 0.3 is 0 Å². The summed E-state index contributed by atoms with van der Waals surface area (Å²) in [5.74, 6) is -0.0794. The van der Waals surface area contributed by atoms with E-state index >= 15 is 0 Å². The van der Waals surface area contributed by atoms with Gasteiger partial charge in [0.2, 0.25) is 0 Å². The van der Waals surface area contributed by atoms with Crippen molar-refractivity contribution in [3.8, 4) is 0 Å². The Morgan fingerprint density at radius 3 is 2.50 bits per heavy atom. The number of nitrogens with zero attached hydrogens (tertiary/aromatic N) is 2. The van der Waals surface area contributed by atoms with Crippen LogP contribution in [0.1, 0.15) is 48.0 Å². The van der Waals surface area contributed by atoms with E-state index in [0.29, 0.717) is 12.1 Å². The predicted molar refractivity (Wildman–Crippen MR) is 96.2 cm³/mol. The highest BCUT2D eigenvalue weighted by Gasteiger charge is 2.14. The molecular formula is C20H23N3O. The monoisotopic (exact) mass is 321 g/mol. The minimum Gasteiger partial charge on any atom is -0.346 e. The molecule has 3 rings (SSSR count). The largest absolute Gasteiger partial charge is 0.346 e. The molecule has 1 N–H and O–H groups in total. The maximum absolute atomic E-state index is 12.3. The van der Waals surface area contributed by atoms with E-state index in [4.69, 9.17) is 0 Å². The first-order chi connectivity index (χ1) is 11.3. The Labute approximate surface area is 142 Å². The summed E-state index contributed by atoms with van der Waals surface area (Å²) in [5.41, 5.74) is 4.87. The van der Waals surface area contributed by atoms with Crippen LogP contribution in [0.4, 0.5) is 0 Å². The van der Waals surface area contributed by atoms with E-state index in [1.54, 1.807) is 0 Å². The van der Waals surface area contributed by atoms with E-state index < -0.39 is 0 Å². The standard InChI is InChI=1S/C20H23N3O/c1-14-6-5-11-23-13-17(22-18(14)23)12-21-19(24)15-7-9-16(10-8-15)20(2,3)4/h5-11,13H,12H2,1-4H3,(H,21,24). The van der Waals surface area contributed by atoms with Crippen molar-refractivity contribution in [3.63, 3.8) is 0 Å². The van der Waals surface area contributed by atoms with Gasteiger partial charge in [-0.05, 0) is 41.7 Å². The van der Waals surface area contributed by atoms with Crippen molar-refractivity contribution in [1.82, 2.24) is 14.7 Å². The first-order valence-electron chi connectivity index (χ1n) is 8.16. The number of aromatic nitrogens is 2. The van der Waals surface area contributed by atoms with Crippen molar-refractivity contribution in [3.05, 3.63) is 71.2 Å². The van der Waals surface area contributed by atoms with Crippen LogP contribution in [-0.4, -0.2) is 15.3 Å². The molecule has 0 aliphatic heterocycles. The number of pyridine rings is 1. The minimum absolute atomic E-state index is 0.0794. The average Bonchev–Trinajstić information content (AvgIpc) is 2.96. The second-order valence-electron chi connectivity index (χ2n) is 7.16. The molecule has 124 valence electrons. The Balaban J connectivity index is 1.69. The number of hydrogen-bond donors (Lipinski definition) is 1. The van der Waals surface area contributed by atoms with Crippen molar-refractivity contribution in [2.24, 2.45) is 0 Å². The number of fused-ring (bicyclic) bond motifs is 1. The lowest BCUT2D eigenvalue weighted by Crippen LogP contribution is -2.23. The molecule has 3 aromatic rings. The van der Waals surface area contributed by atoms with Gasteiger partial charge < -0.3 is 9.72 Å². The van der Waals surface area contributed by atoms with Crippen LogP contribution in [0.2, 0.25) is 0 Å². The van der Waals surface area contributed by atoms with Crippen LogP contribution in [0.5, 0.6) is 0 Å². The van der Waals surface area contributed by atoms with Crippen molar-refractivity contribution in [1.29, 1.82) is 0 Å². The number of benzene rings is 1.